The summed E-state index contributed by atoms with van der Waals surface area (Å²) in [6.07, 6.45) is 1.14. The van der Waals surface area contributed by atoms with Crippen LogP contribution in [0.3, 0.4) is 0 Å². The molecule has 1 heterocycles. The first-order valence-electron chi connectivity index (χ1n) is 7.07. The molecule has 0 radical (unpaired) electrons. The molecule has 5 heteroatoms. The van der Waals surface area contributed by atoms with Crippen molar-refractivity contribution in [3.8, 4) is 5.75 Å². The van der Waals surface area contributed by atoms with Crippen molar-refractivity contribution in [3.63, 3.8) is 0 Å². The topological polar surface area (TPSA) is 18.5 Å². The van der Waals surface area contributed by atoms with Gasteiger partial charge in [0.05, 0.1) is 17.1 Å². The zero-order chi connectivity index (χ0) is 15.5. The highest BCUT2D eigenvalue weighted by molar-refractivity contribution is 14.1. The molecule has 0 aliphatic carbocycles. The Labute approximate surface area is 157 Å². The van der Waals surface area contributed by atoms with Crippen LogP contribution < -0.4 is 4.74 Å². The van der Waals surface area contributed by atoms with Crippen LogP contribution in [0.5, 0.6) is 5.75 Å². The molecule has 1 aliphatic rings. The molecular weight excluding hydrogens is 478 g/mol. The number of ether oxygens (including phenoxy) is 2. The van der Waals surface area contributed by atoms with Crippen molar-refractivity contribution in [2.24, 2.45) is 0 Å². The number of hydrogen-bond donors (Lipinski definition) is 0. The van der Waals surface area contributed by atoms with Gasteiger partial charge in [-0.1, -0.05) is 62.3 Å². The lowest BCUT2D eigenvalue weighted by atomic mass is 10.0. The first-order valence-corrected chi connectivity index (χ1v) is 9.48. The summed E-state index contributed by atoms with van der Waals surface area (Å²) in [6, 6.07) is 14.2. The van der Waals surface area contributed by atoms with Gasteiger partial charge in [0.15, 0.2) is 0 Å². The number of benzene rings is 2. The van der Waals surface area contributed by atoms with Crippen molar-refractivity contribution in [1.82, 2.24) is 0 Å². The highest BCUT2D eigenvalue weighted by Gasteiger charge is 2.18. The number of alkyl halides is 1. The van der Waals surface area contributed by atoms with Crippen molar-refractivity contribution in [3.05, 3.63) is 63.1 Å². The van der Waals surface area contributed by atoms with E-state index in [4.69, 9.17) is 21.1 Å². The molecule has 1 saturated heterocycles. The molecule has 0 saturated carbocycles. The van der Waals surface area contributed by atoms with E-state index in [0.717, 1.165) is 33.8 Å². The Morgan fingerprint density at radius 2 is 2.00 bits per heavy atom. The molecular formula is C17H15BrClIO2. The molecule has 1 fully saturated rings. The van der Waals surface area contributed by atoms with Gasteiger partial charge in [-0.25, -0.2) is 0 Å². The summed E-state index contributed by atoms with van der Waals surface area (Å²) < 4.78 is 12.5. The Balaban J connectivity index is 1.75. The molecule has 2 unspecified atom stereocenters. The van der Waals surface area contributed by atoms with Gasteiger partial charge in [-0.05, 0) is 41.5 Å². The third-order valence-electron chi connectivity index (χ3n) is 3.59. The van der Waals surface area contributed by atoms with Crippen molar-refractivity contribution in [2.45, 2.75) is 16.4 Å². The quantitative estimate of drug-likeness (QED) is 0.396. The zero-order valence-corrected chi connectivity index (χ0v) is 16.3. The lowest BCUT2D eigenvalue weighted by Gasteiger charge is -2.15. The maximum absolute atomic E-state index is 6.32. The van der Waals surface area contributed by atoms with Gasteiger partial charge < -0.3 is 9.47 Å². The van der Waals surface area contributed by atoms with Crippen LogP contribution in [0.15, 0.2) is 46.9 Å². The SMILES string of the molecule is Clc1ccc(Br)cc1C(I)c1ccc(OC2CCOC2)cc1. The summed E-state index contributed by atoms with van der Waals surface area (Å²) in [6.45, 7) is 1.48. The van der Waals surface area contributed by atoms with Crippen LogP contribution in [0.4, 0.5) is 0 Å². The summed E-state index contributed by atoms with van der Waals surface area (Å²) >= 11 is 12.2. The number of hydrogen-bond acceptors (Lipinski definition) is 2. The molecule has 0 bridgehead atoms. The summed E-state index contributed by atoms with van der Waals surface area (Å²) in [4.78, 5) is 0. The molecule has 22 heavy (non-hydrogen) atoms. The molecule has 2 aromatic rings. The largest absolute Gasteiger partial charge is 0.488 e. The van der Waals surface area contributed by atoms with Gasteiger partial charge in [-0.15, -0.1) is 0 Å². The fourth-order valence-corrected chi connectivity index (χ4v) is 4.12. The lowest BCUT2D eigenvalue weighted by molar-refractivity contribution is 0.141. The first-order chi connectivity index (χ1) is 10.6. The van der Waals surface area contributed by atoms with Gasteiger partial charge in [0.1, 0.15) is 11.9 Å². The molecule has 0 amide bonds. The summed E-state index contributed by atoms with van der Waals surface area (Å²) in [5, 5.41) is 0.783. The van der Waals surface area contributed by atoms with Crippen molar-refractivity contribution < 1.29 is 9.47 Å². The van der Waals surface area contributed by atoms with E-state index < -0.39 is 0 Å². The fourth-order valence-electron chi connectivity index (χ4n) is 2.40. The predicted octanol–water partition coefficient (Wildman–Crippen LogP) is 5.79. The van der Waals surface area contributed by atoms with Crippen molar-refractivity contribution >= 4 is 50.1 Å². The molecule has 0 aromatic heterocycles. The van der Waals surface area contributed by atoms with Crippen LogP contribution in [-0.4, -0.2) is 19.3 Å². The van der Waals surface area contributed by atoms with Crippen LogP contribution in [0, 0.1) is 0 Å². The minimum Gasteiger partial charge on any atom is -0.488 e. The molecule has 2 atom stereocenters. The second kappa shape index (κ2) is 7.51. The Morgan fingerprint density at radius 1 is 1.23 bits per heavy atom. The Bertz CT molecular complexity index is 642. The zero-order valence-electron chi connectivity index (χ0n) is 11.8. The van der Waals surface area contributed by atoms with Gasteiger partial charge >= 0.3 is 0 Å². The Hall–Kier alpha value is -0.300. The third kappa shape index (κ3) is 3.96. The highest BCUT2D eigenvalue weighted by atomic mass is 127. The van der Waals surface area contributed by atoms with Crippen LogP contribution in [0.2, 0.25) is 5.02 Å². The van der Waals surface area contributed by atoms with Crippen LogP contribution >= 0.6 is 50.1 Å². The monoisotopic (exact) mass is 492 g/mol. The minimum atomic E-state index is 0.181. The van der Waals surface area contributed by atoms with E-state index in [-0.39, 0.29) is 10.0 Å². The predicted molar refractivity (Wildman–Crippen MR) is 101 cm³/mol. The van der Waals surface area contributed by atoms with Gasteiger partial charge in [0.25, 0.3) is 0 Å². The lowest BCUT2D eigenvalue weighted by Crippen LogP contribution is -2.15. The van der Waals surface area contributed by atoms with E-state index in [0.29, 0.717) is 6.61 Å². The van der Waals surface area contributed by atoms with Gasteiger partial charge in [-0.2, -0.15) is 0 Å². The van der Waals surface area contributed by atoms with Crippen LogP contribution in [-0.2, 0) is 4.74 Å². The average Bonchev–Trinajstić information content (AvgIpc) is 3.03. The van der Waals surface area contributed by atoms with Crippen LogP contribution in [0.1, 0.15) is 21.5 Å². The smallest absolute Gasteiger partial charge is 0.124 e. The molecule has 0 N–H and O–H groups in total. The normalized spacial score (nSPS) is 19.1. The molecule has 1 aliphatic heterocycles. The number of rotatable bonds is 4. The minimum absolute atomic E-state index is 0.181. The van der Waals surface area contributed by atoms with Crippen molar-refractivity contribution in [1.29, 1.82) is 0 Å². The third-order valence-corrected chi connectivity index (χ3v) is 5.82. The van der Waals surface area contributed by atoms with E-state index in [1.807, 2.05) is 24.3 Å². The average molecular weight is 494 g/mol. The van der Waals surface area contributed by atoms with E-state index in [1.165, 1.54) is 5.56 Å². The Morgan fingerprint density at radius 3 is 2.68 bits per heavy atom. The Kier molecular flexibility index (Phi) is 5.65. The summed E-state index contributed by atoms with van der Waals surface area (Å²) in [5.41, 5.74) is 2.31. The second-order valence-corrected chi connectivity index (χ2v) is 7.77. The first kappa shape index (κ1) is 16.6. The maximum atomic E-state index is 6.32. The van der Waals surface area contributed by atoms with Gasteiger partial charge in [-0.3, -0.25) is 0 Å². The standard InChI is InChI=1S/C17H15BrClIO2/c18-12-3-6-16(19)15(9-12)17(20)11-1-4-13(5-2-11)22-14-7-8-21-10-14/h1-6,9,14,17H,7-8,10H2. The van der Waals surface area contributed by atoms with Gasteiger partial charge in [0.2, 0.25) is 0 Å². The maximum Gasteiger partial charge on any atom is 0.124 e. The number of halogens is 3. The fraction of sp³-hybridized carbons (Fsp3) is 0.294. The summed E-state index contributed by atoms with van der Waals surface area (Å²) in [5.74, 6) is 0.892. The van der Waals surface area contributed by atoms with E-state index in [2.05, 4.69) is 56.7 Å². The molecule has 2 nitrogen and oxygen atoms in total. The molecule has 0 spiro atoms. The highest BCUT2D eigenvalue weighted by Crippen LogP contribution is 2.37. The van der Waals surface area contributed by atoms with E-state index >= 15 is 0 Å². The molecule has 2 aromatic carbocycles. The van der Waals surface area contributed by atoms with Crippen molar-refractivity contribution in [2.75, 3.05) is 13.2 Å². The second-order valence-electron chi connectivity index (χ2n) is 5.20. The molecule has 3 rings (SSSR count). The van der Waals surface area contributed by atoms with E-state index in [1.54, 1.807) is 0 Å². The summed E-state index contributed by atoms with van der Waals surface area (Å²) in [7, 11) is 0. The van der Waals surface area contributed by atoms with Gasteiger partial charge in [0, 0.05) is 15.9 Å². The van der Waals surface area contributed by atoms with E-state index in [9.17, 15) is 0 Å². The molecule has 116 valence electrons. The van der Waals surface area contributed by atoms with Crippen LogP contribution in [0.25, 0.3) is 0 Å².